The molecule has 0 saturated heterocycles. The molecule has 1 unspecified atom stereocenters. The van der Waals surface area contributed by atoms with E-state index >= 15 is 0 Å². The number of hydrogen-bond donors (Lipinski definition) is 2. The molecule has 2 aromatic carbocycles. The normalized spacial score (nSPS) is 11.9. The number of amides is 2. The van der Waals surface area contributed by atoms with Crippen molar-refractivity contribution in [3.8, 4) is 11.3 Å². The number of aryl methyl sites for hydroxylation is 2. The molecule has 0 spiro atoms. The SMILES string of the molecule is Cc1nc(-c2cccc(NC(=O)C(NC(=O)c3ccccc3C)C(C)C)c2)cs1. The fourth-order valence-electron chi connectivity index (χ4n) is 3.05. The minimum Gasteiger partial charge on any atom is -0.340 e. The zero-order valence-electron chi connectivity index (χ0n) is 17.0. The summed E-state index contributed by atoms with van der Waals surface area (Å²) in [5.41, 5.74) is 3.95. The van der Waals surface area contributed by atoms with E-state index in [-0.39, 0.29) is 17.7 Å². The second kappa shape index (κ2) is 9.01. The lowest BCUT2D eigenvalue weighted by molar-refractivity contribution is -0.118. The van der Waals surface area contributed by atoms with Crippen molar-refractivity contribution >= 4 is 28.8 Å². The Balaban J connectivity index is 1.75. The van der Waals surface area contributed by atoms with Gasteiger partial charge in [0.2, 0.25) is 5.91 Å². The average molecular weight is 408 g/mol. The highest BCUT2D eigenvalue weighted by Crippen LogP contribution is 2.24. The maximum absolute atomic E-state index is 12.9. The predicted octanol–water partition coefficient (Wildman–Crippen LogP) is 4.82. The number of carbonyl (C=O) groups is 2. The van der Waals surface area contributed by atoms with Crippen LogP contribution in [0, 0.1) is 19.8 Å². The number of nitrogens with zero attached hydrogens (tertiary/aromatic N) is 1. The summed E-state index contributed by atoms with van der Waals surface area (Å²) in [4.78, 5) is 30.1. The number of hydrogen-bond acceptors (Lipinski definition) is 4. The Morgan fingerprint density at radius 2 is 1.79 bits per heavy atom. The van der Waals surface area contributed by atoms with Gasteiger partial charge in [0.25, 0.3) is 5.91 Å². The van der Waals surface area contributed by atoms with E-state index in [2.05, 4.69) is 15.6 Å². The molecule has 150 valence electrons. The highest BCUT2D eigenvalue weighted by Gasteiger charge is 2.25. The molecule has 0 fully saturated rings. The number of nitrogens with one attached hydrogen (secondary N) is 2. The maximum atomic E-state index is 12.9. The smallest absolute Gasteiger partial charge is 0.252 e. The molecule has 0 aliphatic heterocycles. The van der Waals surface area contributed by atoms with Gasteiger partial charge in [-0.3, -0.25) is 9.59 Å². The van der Waals surface area contributed by atoms with Crippen LogP contribution in [0.3, 0.4) is 0 Å². The molecule has 0 saturated carbocycles. The van der Waals surface area contributed by atoms with Gasteiger partial charge in [-0.2, -0.15) is 0 Å². The van der Waals surface area contributed by atoms with Crippen molar-refractivity contribution in [2.75, 3.05) is 5.32 Å². The molecule has 0 radical (unpaired) electrons. The van der Waals surface area contributed by atoms with E-state index in [4.69, 9.17) is 0 Å². The first kappa shape index (κ1) is 20.7. The molecule has 1 atom stereocenters. The van der Waals surface area contributed by atoms with Crippen molar-refractivity contribution in [2.24, 2.45) is 5.92 Å². The second-order valence-electron chi connectivity index (χ2n) is 7.33. The maximum Gasteiger partial charge on any atom is 0.252 e. The fraction of sp³-hybridized carbons (Fsp3) is 0.261. The van der Waals surface area contributed by atoms with Gasteiger partial charge in [-0.15, -0.1) is 11.3 Å². The summed E-state index contributed by atoms with van der Waals surface area (Å²) >= 11 is 1.59. The van der Waals surface area contributed by atoms with Crippen LogP contribution in [-0.2, 0) is 4.79 Å². The third-order valence-corrected chi connectivity index (χ3v) is 5.44. The quantitative estimate of drug-likeness (QED) is 0.615. The van der Waals surface area contributed by atoms with E-state index in [0.717, 1.165) is 21.8 Å². The molecule has 29 heavy (non-hydrogen) atoms. The molecule has 1 heterocycles. The summed E-state index contributed by atoms with van der Waals surface area (Å²) in [6, 6.07) is 14.3. The van der Waals surface area contributed by atoms with Crippen molar-refractivity contribution in [3.05, 3.63) is 70.0 Å². The monoisotopic (exact) mass is 407 g/mol. The Hall–Kier alpha value is -2.99. The largest absolute Gasteiger partial charge is 0.340 e. The molecular weight excluding hydrogens is 382 g/mol. The van der Waals surface area contributed by atoms with Gasteiger partial charge in [-0.25, -0.2) is 4.98 Å². The summed E-state index contributed by atoms with van der Waals surface area (Å²) < 4.78 is 0. The molecule has 0 aliphatic rings. The summed E-state index contributed by atoms with van der Waals surface area (Å²) in [5.74, 6) is -0.551. The van der Waals surface area contributed by atoms with Gasteiger partial charge in [-0.05, 0) is 43.5 Å². The van der Waals surface area contributed by atoms with Gasteiger partial charge in [0, 0.05) is 22.2 Å². The topological polar surface area (TPSA) is 71.1 Å². The molecule has 6 heteroatoms. The van der Waals surface area contributed by atoms with Crippen LogP contribution in [0.15, 0.2) is 53.9 Å². The summed E-state index contributed by atoms with van der Waals surface area (Å²) in [6.45, 7) is 7.67. The van der Waals surface area contributed by atoms with Crippen molar-refractivity contribution in [1.82, 2.24) is 10.3 Å². The van der Waals surface area contributed by atoms with Gasteiger partial charge in [0.1, 0.15) is 6.04 Å². The van der Waals surface area contributed by atoms with Crippen LogP contribution in [-0.4, -0.2) is 22.8 Å². The third kappa shape index (κ3) is 5.09. The van der Waals surface area contributed by atoms with E-state index in [1.807, 2.05) is 75.5 Å². The summed E-state index contributed by atoms with van der Waals surface area (Å²) in [5, 5.41) is 8.80. The molecular formula is C23H25N3O2S. The van der Waals surface area contributed by atoms with Crippen molar-refractivity contribution in [3.63, 3.8) is 0 Å². The van der Waals surface area contributed by atoms with Gasteiger partial charge in [0.15, 0.2) is 0 Å². The van der Waals surface area contributed by atoms with Crippen molar-refractivity contribution in [2.45, 2.75) is 33.7 Å². The van der Waals surface area contributed by atoms with Gasteiger partial charge >= 0.3 is 0 Å². The van der Waals surface area contributed by atoms with E-state index in [1.165, 1.54) is 0 Å². The van der Waals surface area contributed by atoms with Gasteiger partial charge in [0.05, 0.1) is 10.7 Å². The zero-order chi connectivity index (χ0) is 21.0. The number of benzene rings is 2. The second-order valence-corrected chi connectivity index (χ2v) is 8.39. The molecule has 5 nitrogen and oxygen atoms in total. The first-order valence-electron chi connectivity index (χ1n) is 9.55. The van der Waals surface area contributed by atoms with Crippen LogP contribution in [0.1, 0.15) is 34.8 Å². The lowest BCUT2D eigenvalue weighted by Gasteiger charge is -2.22. The van der Waals surface area contributed by atoms with Crippen LogP contribution in [0.4, 0.5) is 5.69 Å². The number of rotatable bonds is 6. The molecule has 0 bridgehead atoms. The average Bonchev–Trinajstić information content (AvgIpc) is 3.12. The van der Waals surface area contributed by atoms with Crippen molar-refractivity contribution < 1.29 is 9.59 Å². The van der Waals surface area contributed by atoms with Crippen LogP contribution >= 0.6 is 11.3 Å². The van der Waals surface area contributed by atoms with Crippen LogP contribution in [0.2, 0.25) is 0 Å². The Morgan fingerprint density at radius 3 is 2.45 bits per heavy atom. The Morgan fingerprint density at radius 1 is 1.03 bits per heavy atom. The Kier molecular flexibility index (Phi) is 6.44. The Bertz CT molecular complexity index is 1030. The molecule has 3 rings (SSSR count). The first-order valence-corrected chi connectivity index (χ1v) is 10.4. The van der Waals surface area contributed by atoms with Crippen LogP contribution < -0.4 is 10.6 Å². The van der Waals surface area contributed by atoms with E-state index in [0.29, 0.717) is 11.3 Å². The standard InChI is InChI=1S/C23H25N3O2S/c1-14(2)21(26-22(27)19-11-6-5-8-15(19)3)23(28)25-18-10-7-9-17(12-18)20-13-29-16(4)24-20/h5-14,21H,1-4H3,(H,25,28)(H,26,27). The van der Waals surface area contributed by atoms with Gasteiger partial charge in [-0.1, -0.05) is 44.2 Å². The molecule has 2 amide bonds. The molecule has 2 N–H and O–H groups in total. The number of aromatic nitrogens is 1. The van der Waals surface area contributed by atoms with E-state index in [9.17, 15) is 9.59 Å². The van der Waals surface area contributed by atoms with Crippen LogP contribution in [0.25, 0.3) is 11.3 Å². The highest BCUT2D eigenvalue weighted by molar-refractivity contribution is 7.09. The van der Waals surface area contributed by atoms with Gasteiger partial charge < -0.3 is 10.6 Å². The highest BCUT2D eigenvalue weighted by atomic mass is 32.1. The number of carbonyl (C=O) groups excluding carboxylic acids is 2. The fourth-order valence-corrected chi connectivity index (χ4v) is 3.68. The minimum atomic E-state index is -0.646. The van der Waals surface area contributed by atoms with E-state index in [1.54, 1.807) is 17.4 Å². The number of anilines is 1. The number of thiazole rings is 1. The van der Waals surface area contributed by atoms with Crippen LogP contribution in [0.5, 0.6) is 0 Å². The minimum absolute atomic E-state index is 0.0626. The molecule has 0 aliphatic carbocycles. The molecule has 1 aromatic heterocycles. The first-order chi connectivity index (χ1) is 13.8. The molecule has 3 aromatic rings. The Labute approximate surface area is 175 Å². The summed E-state index contributed by atoms with van der Waals surface area (Å²) in [6.07, 6.45) is 0. The predicted molar refractivity (Wildman–Crippen MR) is 118 cm³/mol. The lowest BCUT2D eigenvalue weighted by atomic mass is 10.0. The van der Waals surface area contributed by atoms with Crippen molar-refractivity contribution in [1.29, 1.82) is 0 Å². The van der Waals surface area contributed by atoms with E-state index < -0.39 is 6.04 Å². The lowest BCUT2D eigenvalue weighted by Crippen LogP contribution is -2.47. The summed E-state index contributed by atoms with van der Waals surface area (Å²) in [7, 11) is 0. The zero-order valence-corrected chi connectivity index (χ0v) is 17.8. The third-order valence-electron chi connectivity index (χ3n) is 4.67.